The number of hydrogen-bond acceptors (Lipinski definition) is 2. The molecule has 0 aromatic heterocycles. The first-order valence-corrected chi connectivity index (χ1v) is 9.77. The molecule has 0 N–H and O–H groups in total. The summed E-state index contributed by atoms with van der Waals surface area (Å²) in [7, 11) is 0. The summed E-state index contributed by atoms with van der Waals surface area (Å²) in [5, 5.41) is 0. The lowest BCUT2D eigenvalue weighted by Gasteiger charge is -2.58. The fourth-order valence-electron chi connectivity index (χ4n) is 7.16. The van der Waals surface area contributed by atoms with Crippen LogP contribution in [0.1, 0.15) is 57.9 Å². The van der Waals surface area contributed by atoms with Crippen molar-refractivity contribution in [1.29, 1.82) is 0 Å². The zero-order valence-electron chi connectivity index (χ0n) is 14.9. The minimum atomic E-state index is 0.178. The van der Waals surface area contributed by atoms with Gasteiger partial charge in [0.2, 0.25) is 5.91 Å². The molecule has 4 aliphatic rings. The van der Waals surface area contributed by atoms with Gasteiger partial charge in [0.15, 0.2) is 0 Å². The molecule has 5 rings (SSSR count). The van der Waals surface area contributed by atoms with Gasteiger partial charge in [-0.1, -0.05) is 25.1 Å². The average Bonchev–Trinajstić information content (AvgIpc) is 3.13. The molecule has 1 aliphatic carbocycles. The Bertz CT molecular complexity index is 701. The highest BCUT2D eigenvalue weighted by molar-refractivity contribution is 5.96. The molecule has 1 spiro atoms. The number of rotatable bonds is 1. The lowest BCUT2D eigenvalue weighted by Crippen LogP contribution is -2.65. The van der Waals surface area contributed by atoms with Crippen molar-refractivity contribution in [3.8, 4) is 0 Å². The highest BCUT2D eigenvalue weighted by Gasteiger charge is 2.68. The summed E-state index contributed by atoms with van der Waals surface area (Å²) in [5.74, 6) is 0.225. The van der Waals surface area contributed by atoms with Crippen molar-refractivity contribution < 1.29 is 4.79 Å². The number of anilines is 1. The van der Waals surface area contributed by atoms with Crippen molar-refractivity contribution >= 4 is 11.6 Å². The van der Waals surface area contributed by atoms with Gasteiger partial charge in [-0.2, -0.15) is 0 Å². The third-order valence-corrected chi connectivity index (χ3v) is 7.90. The van der Waals surface area contributed by atoms with Gasteiger partial charge >= 0.3 is 0 Å². The van der Waals surface area contributed by atoms with Gasteiger partial charge in [0.25, 0.3) is 0 Å². The smallest absolute Gasteiger partial charge is 0.224 e. The first-order valence-electron chi connectivity index (χ1n) is 9.77. The van der Waals surface area contributed by atoms with Crippen LogP contribution in [0.15, 0.2) is 24.3 Å². The molecule has 1 amide bonds. The predicted octanol–water partition coefficient (Wildman–Crippen LogP) is 3.72. The van der Waals surface area contributed by atoms with Crippen LogP contribution in [0.4, 0.5) is 5.69 Å². The highest BCUT2D eigenvalue weighted by atomic mass is 16.2. The zero-order chi connectivity index (χ0) is 16.5. The molecular formula is C21H28N2O. The number of carbonyl (C=O) groups excluding carboxylic acids is 1. The van der Waals surface area contributed by atoms with E-state index in [9.17, 15) is 4.79 Å². The second-order valence-corrected chi connectivity index (χ2v) is 8.51. The van der Waals surface area contributed by atoms with Crippen LogP contribution in [-0.2, 0) is 10.2 Å². The Morgan fingerprint density at radius 2 is 2.04 bits per heavy atom. The quantitative estimate of drug-likeness (QED) is 0.786. The van der Waals surface area contributed by atoms with Crippen LogP contribution in [0.3, 0.4) is 0 Å². The number of hydrogen-bond donors (Lipinski definition) is 0. The largest absolute Gasteiger partial charge is 0.308 e. The Morgan fingerprint density at radius 3 is 2.83 bits per heavy atom. The summed E-state index contributed by atoms with van der Waals surface area (Å²) >= 11 is 0. The summed E-state index contributed by atoms with van der Waals surface area (Å²) in [6.07, 6.45) is 7.70. The summed E-state index contributed by atoms with van der Waals surface area (Å²) in [5.41, 5.74) is 3.31. The minimum Gasteiger partial charge on any atom is -0.308 e. The number of carbonyl (C=O) groups is 1. The molecule has 0 radical (unpaired) electrons. The van der Waals surface area contributed by atoms with Crippen molar-refractivity contribution in [2.45, 2.75) is 69.9 Å². The van der Waals surface area contributed by atoms with Crippen molar-refractivity contribution in [3.05, 3.63) is 29.8 Å². The Labute approximate surface area is 145 Å². The van der Waals surface area contributed by atoms with Crippen molar-refractivity contribution in [3.63, 3.8) is 0 Å². The molecule has 3 fully saturated rings. The fraction of sp³-hybridized carbons (Fsp3) is 0.667. The number of piperidine rings is 1. The van der Waals surface area contributed by atoms with E-state index in [1.165, 1.54) is 62.9 Å². The average molecular weight is 324 g/mol. The number of para-hydroxylation sites is 1. The van der Waals surface area contributed by atoms with Gasteiger partial charge in [-0.15, -0.1) is 0 Å². The minimum absolute atomic E-state index is 0.178. The monoisotopic (exact) mass is 324 g/mol. The van der Waals surface area contributed by atoms with E-state index in [0.29, 0.717) is 17.5 Å². The molecule has 4 atom stereocenters. The number of amides is 1. The predicted molar refractivity (Wildman–Crippen MR) is 96.2 cm³/mol. The molecule has 1 saturated carbocycles. The molecule has 0 unspecified atom stereocenters. The molecule has 3 aliphatic heterocycles. The molecular weight excluding hydrogens is 296 g/mol. The Kier molecular flexibility index (Phi) is 3.02. The Morgan fingerprint density at radius 1 is 1.21 bits per heavy atom. The van der Waals surface area contributed by atoms with Gasteiger partial charge in [-0.05, 0) is 68.7 Å². The molecule has 0 bridgehead atoms. The van der Waals surface area contributed by atoms with Crippen LogP contribution in [0.2, 0.25) is 0 Å². The van der Waals surface area contributed by atoms with Gasteiger partial charge in [0.05, 0.1) is 0 Å². The van der Waals surface area contributed by atoms with Crippen LogP contribution in [0.5, 0.6) is 0 Å². The second kappa shape index (κ2) is 4.85. The van der Waals surface area contributed by atoms with E-state index in [1.54, 1.807) is 6.92 Å². The van der Waals surface area contributed by atoms with Crippen LogP contribution in [0.25, 0.3) is 0 Å². The molecule has 1 aromatic rings. The van der Waals surface area contributed by atoms with E-state index in [2.05, 4.69) is 41.0 Å². The molecule has 3 nitrogen and oxygen atoms in total. The molecule has 24 heavy (non-hydrogen) atoms. The van der Waals surface area contributed by atoms with E-state index in [4.69, 9.17) is 0 Å². The lowest BCUT2D eigenvalue weighted by atomic mass is 9.52. The fourth-order valence-corrected chi connectivity index (χ4v) is 7.16. The first-order chi connectivity index (χ1) is 11.6. The van der Waals surface area contributed by atoms with Gasteiger partial charge in [0.1, 0.15) is 0 Å². The normalized spacial score (nSPS) is 40.2. The maximum Gasteiger partial charge on any atom is 0.224 e. The Hall–Kier alpha value is -1.35. The molecule has 3 heterocycles. The first kappa shape index (κ1) is 14.9. The third kappa shape index (κ3) is 1.55. The topological polar surface area (TPSA) is 23.6 Å². The third-order valence-electron chi connectivity index (χ3n) is 7.90. The maximum atomic E-state index is 12.6. The van der Waals surface area contributed by atoms with Gasteiger partial charge < -0.3 is 4.90 Å². The van der Waals surface area contributed by atoms with Gasteiger partial charge in [-0.3, -0.25) is 9.69 Å². The Balaban J connectivity index is 1.75. The van der Waals surface area contributed by atoms with E-state index < -0.39 is 0 Å². The van der Waals surface area contributed by atoms with E-state index in [-0.39, 0.29) is 11.3 Å². The number of benzene rings is 1. The summed E-state index contributed by atoms with van der Waals surface area (Å²) in [6.45, 7) is 6.62. The van der Waals surface area contributed by atoms with Crippen LogP contribution >= 0.6 is 0 Å². The van der Waals surface area contributed by atoms with E-state index in [1.807, 2.05) is 0 Å². The number of fused-ring (bicyclic) bond motifs is 1. The number of nitrogens with zero attached hydrogens (tertiary/aromatic N) is 2. The van der Waals surface area contributed by atoms with Crippen LogP contribution < -0.4 is 4.90 Å². The molecule has 128 valence electrons. The van der Waals surface area contributed by atoms with Gasteiger partial charge in [-0.25, -0.2) is 0 Å². The van der Waals surface area contributed by atoms with E-state index >= 15 is 0 Å². The van der Waals surface area contributed by atoms with E-state index in [0.717, 1.165) is 0 Å². The van der Waals surface area contributed by atoms with Crippen LogP contribution in [0, 0.1) is 5.41 Å². The van der Waals surface area contributed by atoms with Crippen molar-refractivity contribution in [1.82, 2.24) is 4.90 Å². The maximum absolute atomic E-state index is 12.6. The standard InChI is InChI=1S/C21H28N2O/c1-3-20-10-6-13-22-14-12-21(19(20)22)16-7-4-5-8-17(16)23(15(2)24)18(21)9-11-20/h4-5,7-8,18-19H,3,6,9-14H2,1-2H3/t18-,19+,20-,21-/m0/s1. The molecule has 1 aromatic carbocycles. The zero-order valence-corrected chi connectivity index (χ0v) is 14.9. The SMILES string of the molecule is CC[C@]12CCCN3CC[C@@]4(c5ccccc5N(C(C)=O)[C@H]4CC1)[C@H]32. The van der Waals surface area contributed by atoms with Crippen molar-refractivity contribution in [2.75, 3.05) is 18.0 Å². The summed E-state index contributed by atoms with van der Waals surface area (Å²) in [4.78, 5) is 17.5. The van der Waals surface area contributed by atoms with Crippen LogP contribution in [-0.4, -0.2) is 36.0 Å². The molecule has 3 heteroatoms. The lowest BCUT2D eigenvalue weighted by molar-refractivity contribution is -0.118. The van der Waals surface area contributed by atoms with Crippen molar-refractivity contribution in [2.24, 2.45) is 5.41 Å². The highest BCUT2D eigenvalue weighted by Crippen LogP contribution is 2.65. The summed E-state index contributed by atoms with van der Waals surface area (Å²) < 4.78 is 0. The molecule has 2 saturated heterocycles. The summed E-state index contributed by atoms with van der Waals surface area (Å²) in [6, 6.07) is 9.80. The van der Waals surface area contributed by atoms with Gasteiger partial charge in [0, 0.05) is 30.1 Å². The second-order valence-electron chi connectivity index (χ2n) is 8.51.